The van der Waals surface area contributed by atoms with Crippen molar-refractivity contribution >= 4 is 39.2 Å². The molecule has 0 bridgehead atoms. The smallest absolute Gasteiger partial charge is 0.279 e. The first kappa shape index (κ1) is 21.4. The van der Waals surface area contributed by atoms with E-state index in [4.69, 9.17) is 4.74 Å². The largest absolute Gasteiger partial charge is 0.497 e. The van der Waals surface area contributed by atoms with E-state index in [9.17, 15) is 4.79 Å². The average Bonchev–Trinajstić information content (AvgIpc) is 3.14. The zero-order valence-corrected chi connectivity index (χ0v) is 19.2. The normalized spacial score (nSPS) is 11.7. The van der Waals surface area contributed by atoms with Crippen LogP contribution in [-0.4, -0.2) is 29.6 Å². The predicted octanol–water partition coefficient (Wildman–Crippen LogP) is 5.41. The van der Waals surface area contributed by atoms with Crippen LogP contribution >= 0.6 is 23.1 Å². The van der Waals surface area contributed by atoms with Crippen LogP contribution in [0.5, 0.6) is 5.75 Å². The van der Waals surface area contributed by atoms with Gasteiger partial charge in [0.05, 0.1) is 17.3 Å². The van der Waals surface area contributed by atoms with Gasteiger partial charge >= 0.3 is 0 Å². The Morgan fingerprint density at radius 2 is 1.77 bits per heavy atom. The Hall–Kier alpha value is -2.83. The molecule has 3 aromatic carbocycles. The van der Waals surface area contributed by atoms with Gasteiger partial charge in [-0.05, 0) is 48.1 Å². The lowest BCUT2D eigenvalue weighted by Gasteiger charge is -2.05. The minimum atomic E-state index is -0.220. The standard InChI is InChI=1S/C25H24N2O2S2/c1-29-21-12-13-23-22(17-21)27(14-15-30-2)25(31-23)26-24(28)20-10-8-19(9-11-20)16-18-6-4-3-5-7-18/h3-13,17H,14-16H2,1-2H3. The van der Waals surface area contributed by atoms with Gasteiger partial charge in [0.2, 0.25) is 0 Å². The summed E-state index contributed by atoms with van der Waals surface area (Å²) >= 11 is 3.30. The number of thiazole rings is 1. The molecule has 31 heavy (non-hydrogen) atoms. The zero-order valence-electron chi connectivity index (χ0n) is 17.6. The molecule has 0 aliphatic rings. The maximum atomic E-state index is 12.9. The van der Waals surface area contributed by atoms with E-state index in [1.54, 1.807) is 18.9 Å². The second-order valence-corrected chi connectivity index (χ2v) is 9.13. The lowest BCUT2D eigenvalue weighted by Crippen LogP contribution is -2.18. The SMILES string of the molecule is COc1ccc2sc(=NC(=O)c3ccc(Cc4ccccc4)cc3)n(CCSC)c2c1. The molecule has 0 aliphatic heterocycles. The number of carbonyl (C=O) groups excluding carboxylic acids is 1. The van der Waals surface area contributed by atoms with Gasteiger partial charge in [-0.25, -0.2) is 0 Å². The molecule has 0 saturated heterocycles. The Morgan fingerprint density at radius 3 is 2.48 bits per heavy atom. The highest BCUT2D eigenvalue weighted by molar-refractivity contribution is 7.98. The summed E-state index contributed by atoms with van der Waals surface area (Å²) in [6.07, 6.45) is 2.92. The van der Waals surface area contributed by atoms with Crippen molar-refractivity contribution in [3.05, 3.63) is 94.3 Å². The number of benzene rings is 3. The maximum absolute atomic E-state index is 12.9. The van der Waals surface area contributed by atoms with Gasteiger partial charge in [0.15, 0.2) is 4.80 Å². The first-order valence-electron chi connectivity index (χ1n) is 10.1. The zero-order chi connectivity index (χ0) is 21.6. The Labute approximate surface area is 190 Å². The van der Waals surface area contributed by atoms with Crippen molar-refractivity contribution in [2.75, 3.05) is 19.1 Å². The number of aryl methyl sites for hydroxylation is 1. The molecule has 6 heteroatoms. The minimum Gasteiger partial charge on any atom is -0.497 e. The quantitative estimate of drug-likeness (QED) is 0.380. The molecule has 0 fully saturated rings. The molecule has 1 aromatic heterocycles. The molecular formula is C25H24N2O2S2. The summed E-state index contributed by atoms with van der Waals surface area (Å²) in [6, 6.07) is 24.0. The molecule has 0 atom stereocenters. The van der Waals surface area contributed by atoms with E-state index in [1.807, 2.05) is 60.7 Å². The summed E-state index contributed by atoms with van der Waals surface area (Å²) in [5.74, 6) is 1.52. The minimum absolute atomic E-state index is 0.220. The number of thioether (sulfide) groups is 1. The predicted molar refractivity (Wildman–Crippen MR) is 130 cm³/mol. The van der Waals surface area contributed by atoms with Gasteiger partial charge in [-0.1, -0.05) is 53.8 Å². The average molecular weight is 449 g/mol. The van der Waals surface area contributed by atoms with Crippen molar-refractivity contribution in [1.82, 2.24) is 4.57 Å². The molecule has 0 aliphatic carbocycles. The number of ether oxygens (including phenoxy) is 1. The van der Waals surface area contributed by atoms with Crippen molar-refractivity contribution in [3.8, 4) is 5.75 Å². The van der Waals surface area contributed by atoms with Crippen LogP contribution in [0.25, 0.3) is 10.2 Å². The van der Waals surface area contributed by atoms with Gasteiger partial charge in [0.25, 0.3) is 5.91 Å². The number of nitrogens with zero attached hydrogens (tertiary/aromatic N) is 2. The van der Waals surface area contributed by atoms with Crippen molar-refractivity contribution in [3.63, 3.8) is 0 Å². The number of fused-ring (bicyclic) bond motifs is 1. The molecule has 1 amide bonds. The highest BCUT2D eigenvalue weighted by atomic mass is 32.2. The first-order chi connectivity index (χ1) is 15.2. The number of amides is 1. The first-order valence-corrected chi connectivity index (χ1v) is 12.3. The molecular weight excluding hydrogens is 424 g/mol. The third kappa shape index (κ3) is 5.09. The molecule has 0 radical (unpaired) electrons. The fraction of sp³-hybridized carbons (Fsp3) is 0.200. The van der Waals surface area contributed by atoms with Crippen LogP contribution in [0.1, 0.15) is 21.5 Å². The van der Waals surface area contributed by atoms with Crippen molar-refractivity contribution in [2.24, 2.45) is 4.99 Å². The summed E-state index contributed by atoms with van der Waals surface area (Å²) in [5.41, 5.74) is 4.07. The number of methoxy groups -OCH3 is 1. The molecule has 0 saturated carbocycles. The van der Waals surface area contributed by atoms with Crippen molar-refractivity contribution in [1.29, 1.82) is 0 Å². The summed E-state index contributed by atoms with van der Waals surface area (Å²) in [4.78, 5) is 18.1. The Bertz CT molecular complexity index is 1240. The van der Waals surface area contributed by atoms with E-state index in [0.717, 1.165) is 39.5 Å². The second kappa shape index (κ2) is 9.98. The van der Waals surface area contributed by atoms with Gasteiger partial charge in [0.1, 0.15) is 5.75 Å². The van der Waals surface area contributed by atoms with Crippen molar-refractivity contribution in [2.45, 2.75) is 13.0 Å². The fourth-order valence-electron chi connectivity index (χ4n) is 3.41. The monoisotopic (exact) mass is 448 g/mol. The Kier molecular flexibility index (Phi) is 6.89. The highest BCUT2D eigenvalue weighted by Crippen LogP contribution is 2.23. The van der Waals surface area contributed by atoms with E-state index >= 15 is 0 Å². The second-order valence-electron chi connectivity index (χ2n) is 7.14. The number of aromatic nitrogens is 1. The molecule has 0 unspecified atom stereocenters. The summed E-state index contributed by atoms with van der Waals surface area (Å²) < 4.78 is 8.59. The van der Waals surface area contributed by atoms with Crippen LogP contribution in [-0.2, 0) is 13.0 Å². The Balaban J connectivity index is 1.63. The van der Waals surface area contributed by atoms with E-state index < -0.39 is 0 Å². The lowest BCUT2D eigenvalue weighted by atomic mass is 10.0. The van der Waals surface area contributed by atoms with Gasteiger partial charge in [-0.3, -0.25) is 4.79 Å². The van der Waals surface area contributed by atoms with Crippen LogP contribution in [0, 0.1) is 0 Å². The van der Waals surface area contributed by atoms with Crippen LogP contribution in [0.3, 0.4) is 0 Å². The van der Waals surface area contributed by atoms with Gasteiger partial charge in [0, 0.05) is 23.9 Å². The van der Waals surface area contributed by atoms with E-state index in [1.165, 1.54) is 22.5 Å². The Morgan fingerprint density at radius 1 is 1.03 bits per heavy atom. The molecule has 4 nitrogen and oxygen atoms in total. The summed E-state index contributed by atoms with van der Waals surface area (Å²) in [7, 11) is 1.66. The van der Waals surface area contributed by atoms with Gasteiger partial charge in [-0.2, -0.15) is 16.8 Å². The summed E-state index contributed by atoms with van der Waals surface area (Å²) in [6.45, 7) is 0.788. The maximum Gasteiger partial charge on any atom is 0.279 e. The molecule has 1 heterocycles. The van der Waals surface area contributed by atoms with Crippen LogP contribution in [0.4, 0.5) is 0 Å². The molecule has 0 spiro atoms. The fourth-order valence-corrected chi connectivity index (χ4v) is 4.81. The lowest BCUT2D eigenvalue weighted by molar-refractivity contribution is 0.0998. The van der Waals surface area contributed by atoms with E-state index in [-0.39, 0.29) is 5.91 Å². The molecule has 158 valence electrons. The van der Waals surface area contributed by atoms with Gasteiger partial charge < -0.3 is 9.30 Å². The van der Waals surface area contributed by atoms with Crippen molar-refractivity contribution < 1.29 is 9.53 Å². The molecule has 0 N–H and O–H groups in total. The number of rotatable bonds is 7. The number of hydrogen-bond donors (Lipinski definition) is 0. The van der Waals surface area contributed by atoms with E-state index in [2.05, 4.69) is 27.9 Å². The molecule has 4 rings (SSSR count). The van der Waals surface area contributed by atoms with Gasteiger partial charge in [-0.15, -0.1) is 0 Å². The number of hydrogen-bond acceptors (Lipinski definition) is 4. The number of carbonyl (C=O) groups is 1. The van der Waals surface area contributed by atoms with Crippen LogP contribution in [0.15, 0.2) is 77.8 Å². The summed E-state index contributed by atoms with van der Waals surface area (Å²) in [5, 5.41) is 0. The van der Waals surface area contributed by atoms with E-state index in [0.29, 0.717) is 5.56 Å². The van der Waals surface area contributed by atoms with Crippen LogP contribution < -0.4 is 9.54 Å². The van der Waals surface area contributed by atoms with Crippen LogP contribution in [0.2, 0.25) is 0 Å². The third-order valence-corrected chi connectivity index (χ3v) is 6.71. The third-order valence-electron chi connectivity index (χ3n) is 5.06. The highest BCUT2D eigenvalue weighted by Gasteiger charge is 2.10. The molecule has 4 aromatic rings. The topological polar surface area (TPSA) is 43.6 Å².